The van der Waals surface area contributed by atoms with Crippen LogP contribution in [0.5, 0.6) is 0 Å². The molecule has 0 bridgehead atoms. The van der Waals surface area contributed by atoms with Crippen molar-refractivity contribution < 1.29 is 0 Å². The fourth-order valence-electron chi connectivity index (χ4n) is 3.34. The second-order valence-corrected chi connectivity index (χ2v) is 6.58. The van der Waals surface area contributed by atoms with Crippen molar-refractivity contribution in [1.29, 1.82) is 0 Å². The van der Waals surface area contributed by atoms with Crippen LogP contribution in [-0.2, 0) is 0 Å². The molecule has 2 N–H and O–H groups in total. The number of thiocarbonyl (C=S) groups is 1. The number of hydrogen-bond donors (Lipinski definition) is 1. The summed E-state index contributed by atoms with van der Waals surface area (Å²) in [6, 6.07) is 2.69. The van der Waals surface area contributed by atoms with E-state index in [1.54, 1.807) is 0 Å². The van der Waals surface area contributed by atoms with Crippen LogP contribution in [0.2, 0.25) is 0 Å². The molecule has 1 saturated carbocycles. The van der Waals surface area contributed by atoms with Crippen molar-refractivity contribution in [3.63, 3.8) is 0 Å². The first kappa shape index (κ1) is 15.2. The van der Waals surface area contributed by atoms with E-state index in [0.717, 1.165) is 28.6 Å². The first-order valence-electron chi connectivity index (χ1n) is 7.41. The first-order chi connectivity index (χ1) is 9.40. The number of aromatic nitrogens is 1. The summed E-state index contributed by atoms with van der Waals surface area (Å²) in [5.41, 5.74) is 9.96. The van der Waals surface area contributed by atoms with Gasteiger partial charge in [-0.3, -0.25) is 4.98 Å². The molecule has 0 saturated heterocycles. The fourth-order valence-corrected chi connectivity index (χ4v) is 3.59. The fraction of sp³-hybridized carbons (Fsp3) is 0.625. The van der Waals surface area contributed by atoms with E-state index < -0.39 is 0 Å². The normalized spacial score (nSPS) is 22.6. The predicted molar refractivity (Wildman–Crippen MR) is 89.4 cm³/mol. The highest BCUT2D eigenvalue weighted by Gasteiger charge is 2.25. The van der Waals surface area contributed by atoms with Gasteiger partial charge < -0.3 is 10.6 Å². The van der Waals surface area contributed by atoms with Crippen LogP contribution in [0.25, 0.3) is 0 Å². The van der Waals surface area contributed by atoms with E-state index in [1.807, 2.05) is 13.8 Å². The largest absolute Gasteiger partial charge is 0.389 e. The van der Waals surface area contributed by atoms with Gasteiger partial charge in [0, 0.05) is 24.5 Å². The molecular formula is C16H25N3S. The van der Waals surface area contributed by atoms with E-state index >= 15 is 0 Å². The highest BCUT2D eigenvalue weighted by atomic mass is 32.1. The Morgan fingerprint density at radius 3 is 2.70 bits per heavy atom. The van der Waals surface area contributed by atoms with E-state index in [9.17, 15) is 0 Å². The topological polar surface area (TPSA) is 42.1 Å². The lowest BCUT2D eigenvalue weighted by Gasteiger charge is -2.36. The van der Waals surface area contributed by atoms with Crippen LogP contribution in [0, 0.1) is 19.8 Å². The summed E-state index contributed by atoms with van der Waals surface area (Å²) in [6.45, 7) is 6.36. The minimum absolute atomic E-state index is 0.445. The van der Waals surface area contributed by atoms with Crippen LogP contribution in [0.4, 0.5) is 5.69 Å². The van der Waals surface area contributed by atoms with Gasteiger partial charge in [-0.15, -0.1) is 0 Å². The van der Waals surface area contributed by atoms with Crippen LogP contribution in [0.3, 0.4) is 0 Å². The quantitative estimate of drug-likeness (QED) is 0.867. The molecule has 0 aromatic carbocycles. The molecule has 0 radical (unpaired) electrons. The van der Waals surface area contributed by atoms with Crippen LogP contribution >= 0.6 is 12.2 Å². The molecule has 4 heteroatoms. The second kappa shape index (κ2) is 6.08. The van der Waals surface area contributed by atoms with Crippen LogP contribution in [-0.4, -0.2) is 23.1 Å². The lowest BCUT2D eigenvalue weighted by molar-refractivity contribution is 0.336. The Bertz CT molecular complexity index is 513. The zero-order valence-corrected chi connectivity index (χ0v) is 13.8. The Kier molecular flexibility index (Phi) is 4.63. The third kappa shape index (κ3) is 3.11. The van der Waals surface area contributed by atoms with Crippen LogP contribution in [0.1, 0.15) is 49.6 Å². The number of pyridine rings is 1. The molecule has 2 atom stereocenters. The Labute approximate surface area is 127 Å². The van der Waals surface area contributed by atoms with Gasteiger partial charge in [0.1, 0.15) is 4.99 Å². The molecule has 2 unspecified atom stereocenters. The maximum absolute atomic E-state index is 5.92. The molecule has 110 valence electrons. The molecule has 0 aliphatic heterocycles. The molecule has 1 aromatic heterocycles. The van der Waals surface area contributed by atoms with Gasteiger partial charge in [-0.2, -0.15) is 0 Å². The summed E-state index contributed by atoms with van der Waals surface area (Å²) < 4.78 is 0. The van der Waals surface area contributed by atoms with Crippen molar-refractivity contribution in [2.45, 2.75) is 52.5 Å². The molecule has 2 rings (SSSR count). The van der Waals surface area contributed by atoms with Gasteiger partial charge >= 0.3 is 0 Å². The lowest BCUT2D eigenvalue weighted by atomic mass is 9.86. The van der Waals surface area contributed by atoms with Crippen molar-refractivity contribution >= 4 is 22.9 Å². The van der Waals surface area contributed by atoms with Crippen molar-refractivity contribution in [3.05, 3.63) is 23.0 Å². The van der Waals surface area contributed by atoms with Gasteiger partial charge in [-0.1, -0.05) is 32.0 Å². The third-order valence-electron chi connectivity index (χ3n) is 4.39. The van der Waals surface area contributed by atoms with Gasteiger partial charge in [0.15, 0.2) is 0 Å². The second-order valence-electron chi connectivity index (χ2n) is 6.14. The van der Waals surface area contributed by atoms with Crippen LogP contribution < -0.4 is 10.6 Å². The van der Waals surface area contributed by atoms with Crippen molar-refractivity contribution in [3.8, 4) is 0 Å². The minimum Gasteiger partial charge on any atom is -0.389 e. The Hall–Kier alpha value is -1.16. The Balaban J connectivity index is 2.37. The molecule has 1 aliphatic rings. The summed E-state index contributed by atoms with van der Waals surface area (Å²) in [6.07, 6.45) is 5.15. The molecule has 1 heterocycles. The summed E-state index contributed by atoms with van der Waals surface area (Å²) in [7, 11) is 2.17. The number of rotatable bonds is 3. The van der Waals surface area contributed by atoms with Crippen molar-refractivity contribution in [2.24, 2.45) is 11.7 Å². The number of anilines is 1. The standard InChI is InChI=1S/C16H25N3S/c1-10-6-5-7-13(8-10)19(4)14-9-11(2)18-12(3)15(14)16(17)20/h9-10,13H,5-8H2,1-4H3,(H2,17,20). The number of aryl methyl sites for hydroxylation is 2. The highest BCUT2D eigenvalue weighted by molar-refractivity contribution is 7.80. The third-order valence-corrected chi connectivity index (χ3v) is 4.59. The Morgan fingerprint density at radius 2 is 2.10 bits per heavy atom. The molecule has 0 amide bonds. The van der Waals surface area contributed by atoms with Gasteiger partial charge in [-0.05, 0) is 38.7 Å². The number of nitrogens with zero attached hydrogens (tertiary/aromatic N) is 2. The molecule has 1 fully saturated rings. The molecule has 1 aromatic rings. The summed E-state index contributed by atoms with van der Waals surface area (Å²) in [5, 5.41) is 0. The molecule has 3 nitrogen and oxygen atoms in total. The lowest BCUT2D eigenvalue weighted by Crippen LogP contribution is -2.37. The zero-order chi connectivity index (χ0) is 14.9. The van der Waals surface area contributed by atoms with Gasteiger partial charge in [0.05, 0.1) is 11.3 Å². The highest BCUT2D eigenvalue weighted by Crippen LogP contribution is 2.32. The van der Waals surface area contributed by atoms with Crippen molar-refractivity contribution in [1.82, 2.24) is 4.98 Å². The van der Waals surface area contributed by atoms with Gasteiger partial charge in [0.2, 0.25) is 0 Å². The average Bonchev–Trinajstić information content (AvgIpc) is 2.36. The monoisotopic (exact) mass is 291 g/mol. The maximum Gasteiger partial charge on any atom is 0.107 e. The number of hydrogen-bond acceptors (Lipinski definition) is 3. The average molecular weight is 291 g/mol. The first-order valence-corrected chi connectivity index (χ1v) is 7.81. The molecular weight excluding hydrogens is 266 g/mol. The Morgan fingerprint density at radius 1 is 1.40 bits per heavy atom. The molecule has 0 spiro atoms. The van der Waals surface area contributed by atoms with Gasteiger partial charge in [0.25, 0.3) is 0 Å². The van der Waals surface area contributed by atoms with E-state index in [4.69, 9.17) is 18.0 Å². The molecule has 1 aliphatic carbocycles. The number of nitrogens with two attached hydrogens (primary N) is 1. The van der Waals surface area contributed by atoms with E-state index in [-0.39, 0.29) is 0 Å². The summed E-state index contributed by atoms with van der Waals surface area (Å²) >= 11 is 5.24. The summed E-state index contributed by atoms with van der Waals surface area (Å²) in [5.74, 6) is 0.800. The van der Waals surface area contributed by atoms with E-state index in [1.165, 1.54) is 25.7 Å². The van der Waals surface area contributed by atoms with Gasteiger partial charge in [-0.25, -0.2) is 0 Å². The maximum atomic E-state index is 5.92. The summed E-state index contributed by atoms with van der Waals surface area (Å²) in [4.78, 5) is 7.32. The zero-order valence-electron chi connectivity index (χ0n) is 12.9. The predicted octanol–water partition coefficient (Wildman–Crippen LogP) is 3.35. The SMILES string of the molecule is Cc1cc(N(C)C2CCCC(C)C2)c(C(N)=S)c(C)n1. The van der Waals surface area contributed by atoms with Crippen molar-refractivity contribution in [2.75, 3.05) is 11.9 Å². The van der Waals surface area contributed by atoms with Crippen LogP contribution in [0.15, 0.2) is 6.07 Å². The molecule has 20 heavy (non-hydrogen) atoms. The minimum atomic E-state index is 0.445. The van der Waals surface area contributed by atoms with E-state index in [2.05, 4.69) is 29.9 Å². The van der Waals surface area contributed by atoms with E-state index in [0.29, 0.717) is 11.0 Å². The smallest absolute Gasteiger partial charge is 0.107 e.